The molecule has 2 heterocycles. The van der Waals surface area contributed by atoms with E-state index < -0.39 is 0 Å². The first-order valence-corrected chi connectivity index (χ1v) is 8.29. The van der Waals surface area contributed by atoms with Crippen LogP contribution in [0.3, 0.4) is 0 Å². The molecule has 6 nitrogen and oxygen atoms in total. The normalized spacial score (nSPS) is 12.7. The molecular formula is C20H17NO5. The van der Waals surface area contributed by atoms with E-state index in [9.17, 15) is 4.79 Å². The number of fused-ring (bicyclic) bond motifs is 1. The maximum Gasteiger partial charge on any atom is 0.338 e. The van der Waals surface area contributed by atoms with Gasteiger partial charge in [-0.25, -0.2) is 4.79 Å². The lowest BCUT2D eigenvalue weighted by Gasteiger charge is -2.18. The molecule has 0 amide bonds. The Hall–Kier alpha value is -3.28. The van der Waals surface area contributed by atoms with E-state index in [2.05, 4.69) is 5.16 Å². The van der Waals surface area contributed by atoms with Gasteiger partial charge in [-0.15, -0.1) is 0 Å². The second kappa shape index (κ2) is 6.92. The number of ether oxygens (including phenoxy) is 3. The predicted octanol–water partition coefficient (Wildman–Crippen LogP) is 3.78. The molecule has 26 heavy (non-hydrogen) atoms. The molecule has 2 aromatic carbocycles. The third-order valence-corrected chi connectivity index (χ3v) is 4.10. The number of hydrogen-bond acceptors (Lipinski definition) is 6. The smallest absolute Gasteiger partial charge is 0.338 e. The molecule has 0 bridgehead atoms. The van der Waals surface area contributed by atoms with Crippen LogP contribution in [-0.2, 0) is 11.3 Å². The number of aryl methyl sites for hydroxylation is 1. The minimum absolute atomic E-state index is 0.0429. The minimum Gasteiger partial charge on any atom is -0.486 e. The molecule has 1 aliphatic heterocycles. The summed E-state index contributed by atoms with van der Waals surface area (Å²) in [5.74, 6) is 1.58. The first kappa shape index (κ1) is 16.2. The van der Waals surface area contributed by atoms with Gasteiger partial charge in [0.1, 0.15) is 25.5 Å². The Morgan fingerprint density at radius 3 is 2.73 bits per heavy atom. The summed E-state index contributed by atoms with van der Waals surface area (Å²) in [6, 6.07) is 14.6. The van der Waals surface area contributed by atoms with E-state index in [1.165, 1.54) is 0 Å². The molecule has 4 rings (SSSR count). The maximum absolute atomic E-state index is 12.2. The Morgan fingerprint density at radius 2 is 1.88 bits per heavy atom. The van der Waals surface area contributed by atoms with Crippen LogP contribution in [0.1, 0.15) is 21.6 Å². The zero-order valence-corrected chi connectivity index (χ0v) is 14.2. The zero-order chi connectivity index (χ0) is 17.9. The lowest BCUT2D eigenvalue weighted by molar-refractivity contribution is 0.0463. The van der Waals surface area contributed by atoms with E-state index in [1.807, 2.05) is 37.3 Å². The molecule has 0 spiro atoms. The number of aromatic nitrogens is 1. The molecule has 0 saturated carbocycles. The zero-order valence-electron chi connectivity index (χ0n) is 14.2. The van der Waals surface area contributed by atoms with Crippen molar-refractivity contribution in [3.05, 3.63) is 65.4 Å². The van der Waals surface area contributed by atoms with Crippen LogP contribution in [0.5, 0.6) is 11.5 Å². The summed E-state index contributed by atoms with van der Waals surface area (Å²) in [6.07, 6.45) is 0. The summed E-state index contributed by atoms with van der Waals surface area (Å²) in [5.41, 5.74) is 2.77. The highest BCUT2D eigenvalue weighted by atomic mass is 16.6. The Balaban J connectivity index is 1.45. The molecule has 6 heteroatoms. The predicted molar refractivity (Wildman–Crippen MR) is 93.2 cm³/mol. The first-order valence-electron chi connectivity index (χ1n) is 8.29. The van der Waals surface area contributed by atoms with Gasteiger partial charge in [-0.3, -0.25) is 0 Å². The van der Waals surface area contributed by atoms with E-state index >= 15 is 0 Å². The molecule has 0 saturated heterocycles. The molecule has 0 N–H and O–H groups in total. The van der Waals surface area contributed by atoms with Gasteiger partial charge < -0.3 is 18.7 Å². The van der Waals surface area contributed by atoms with E-state index in [0.717, 1.165) is 11.1 Å². The molecular weight excluding hydrogens is 334 g/mol. The fourth-order valence-electron chi connectivity index (χ4n) is 2.73. The van der Waals surface area contributed by atoms with Crippen LogP contribution in [-0.4, -0.2) is 24.3 Å². The van der Waals surface area contributed by atoms with Crippen molar-refractivity contribution >= 4 is 5.97 Å². The van der Waals surface area contributed by atoms with Crippen molar-refractivity contribution < 1.29 is 23.5 Å². The topological polar surface area (TPSA) is 70.8 Å². The van der Waals surface area contributed by atoms with Gasteiger partial charge in [-0.05, 0) is 36.8 Å². The largest absolute Gasteiger partial charge is 0.486 e. The number of carbonyl (C=O) groups is 1. The van der Waals surface area contributed by atoms with Crippen molar-refractivity contribution in [2.45, 2.75) is 13.5 Å². The van der Waals surface area contributed by atoms with Crippen molar-refractivity contribution in [3.63, 3.8) is 0 Å². The fraction of sp³-hybridized carbons (Fsp3) is 0.200. The Morgan fingerprint density at radius 1 is 1.08 bits per heavy atom. The van der Waals surface area contributed by atoms with Crippen LogP contribution >= 0.6 is 0 Å². The average Bonchev–Trinajstić information content (AvgIpc) is 3.15. The van der Waals surface area contributed by atoms with Gasteiger partial charge in [-0.1, -0.05) is 23.4 Å². The van der Waals surface area contributed by atoms with Gasteiger partial charge in [0, 0.05) is 11.6 Å². The lowest BCUT2D eigenvalue weighted by atomic mass is 10.1. The quantitative estimate of drug-likeness (QED) is 0.666. The molecule has 0 fully saturated rings. The van der Waals surface area contributed by atoms with Crippen LogP contribution in [0.4, 0.5) is 0 Å². The van der Waals surface area contributed by atoms with Gasteiger partial charge in [0.15, 0.2) is 17.3 Å². The highest BCUT2D eigenvalue weighted by Crippen LogP contribution is 2.34. The van der Waals surface area contributed by atoms with Gasteiger partial charge in [-0.2, -0.15) is 0 Å². The second-order valence-electron chi connectivity index (χ2n) is 5.93. The van der Waals surface area contributed by atoms with Gasteiger partial charge in [0.05, 0.1) is 5.56 Å². The van der Waals surface area contributed by atoms with Crippen molar-refractivity contribution in [1.29, 1.82) is 0 Å². The van der Waals surface area contributed by atoms with Crippen molar-refractivity contribution in [2.24, 2.45) is 0 Å². The van der Waals surface area contributed by atoms with Crippen LogP contribution < -0.4 is 9.47 Å². The number of esters is 1. The number of hydrogen-bond donors (Lipinski definition) is 0. The standard InChI is InChI=1S/C20H17NO5/c1-13-4-2-3-5-16(13)20(22)25-12-15-11-18(26-21-15)14-6-7-17-19(10-14)24-9-8-23-17/h2-7,10-11H,8-9,12H2,1H3. The maximum atomic E-state index is 12.2. The van der Waals surface area contributed by atoms with Crippen LogP contribution in [0, 0.1) is 6.92 Å². The highest BCUT2D eigenvalue weighted by Gasteiger charge is 2.16. The van der Waals surface area contributed by atoms with E-state index in [4.69, 9.17) is 18.7 Å². The van der Waals surface area contributed by atoms with Crippen LogP contribution in [0.15, 0.2) is 53.1 Å². The first-order chi connectivity index (χ1) is 12.7. The van der Waals surface area contributed by atoms with E-state index in [1.54, 1.807) is 18.2 Å². The monoisotopic (exact) mass is 351 g/mol. The third-order valence-electron chi connectivity index (χ3n) is 4.10. The SMILES string of the molecule is Cc1ccccc1C(=O)OCc1cc(-c2ccc3c(c2)OCCO3)on1. The Bertz CT molecular complexity index is 947. The van der Waals surface area contributed by atoms with Crippen LogP contribution in [0.2, 0.25) is 0 Å². The summed E-state index contributed by atoms with van der Waals surface area (Å²) < 4.78 is 21.8. The molecule has 0 radical (unpaired) electrons. The number of benzene rings is 2. The van der Waals surface area contributed by atoms with Crippen molar-refractivity contribution in [2.75, 3.05) is 13.2 Å². The van der Waals surface area contributed by atoms with Gasteiger partial charge >= 0.3 is 5.97 Å². The molecule has 1 aliphatic rings. The average molecular weight is 351 g/mol. The molecule has 0 unspecified atom stereocenters. The fourth-order valence-corrected chi connectivity index (χ4v) is 2.73. The summed E-state index contributed by atoms with van der Waals surface area (Å²) in [6.45, 7) is 2.98. The summed E-state index contributed by atoms with van der Waals surface area (Å²) >= 11 is 0. The van der Waals surface area contributed by atoms with Gasteiger partial charge in [0.2, 0.25) is 0 Å². The lowest BCUT2D eigenvalue weighted by Crippen LogP contribution is -2.15. The second-order valence-corrected chi connectivity index (χ2v) is 5.93. The third kappa shape index (κ3) is 3.26. The minimum atomic E-state index is -0.382. The molecule has 1 aromatic heterocycles. The van der Waals surface area contributed by atoms with Crippen molar-refractivity contribution in [3.8, 4) is 22.8 Å². The van der Waals surface area contributed by atoms with Gasteiger partial charge in [0.25, 0.3) is 0 Å². The molecule has 0 atom stereocenters. The molecule has 3 aromatic rings. The summed E-state index contributed by atoms with van der Waals surface area (Å²) in [7, 11) is 0. The summed E-state index contributed by atoms with van der Waals surface area (Å²) in [5, 5.41) is 3.97. The van der Waals surface area contributed by atoms with Crippen LogP contribution in [0.25, 0.3) is 11.3 Å². The van der Waals surface area contributed by atoms with E-state index in [0.29, 0.717) is 41.7 Å². The number of carbonyl (C=O) groups excluding carboxylic acids is 1. The van der Waals surface area contributed by atoms with E-state index in [-0.39, 0.29) is 12.6 Å². The number of nitrogens with zero attached hydrogens (tertiary/aromatic N) is 1. The Kier molecular flexibility index (Phi) is 4.31. The number of rotatable bonds is 4. The molecule has 0 aliphatic carbocycles. The summed E-state index contributed by atoms with van der Waals surface area (Å²) in [4.78, 5) is 12.2. The van der Waals surface area contributed by atoms with Crippen molar-refractivity contribution in [1.82, 2.24) is 5.16 Å². The molecule has 132 valence electrons. The highest BCUT2D eigenvalue weighted by molar-refractivity contribution is 5.90. The Labute approximate surface area is 150 Å².